The van der Waals surface area contributed by atoms with Crippen LogP contribution in [-0.4, -0.2) is 40.7 Å². The van der Waals surface area contributed by atoms with Gasteiger partial charge in [0, 0.05) is 11.8 Å². The van der Waals surface area contributed by atoms with E-state index in [2.05, 4.69) is 20.7 Å². The van der Waals surface area contributed by atoms with Crippen LogP contribution in [0.2, 0.25) is 0 Å². The van der Waals surface area contributed by atoms with Gasteiger partial charge in [0.1, 0.15) is 29.5 Å². The van der Waals surface area contributed by atoms with Crippen LogP contribution in [0.25, 0.3) is 0 Å². The zero-order valence-corrected chi connectivity index (χ0v) is 19.9. The Balaban J connectivity index is 1.58. The van der Waals surface area contributed by atoms with Crippen molar-refractivity contribution < 1.29 is 19.1 Å². The van der Waals surface area contributed by atoms with E-state index in [-0.39, 0.29) is 42.4 Å². The molecule has 184 valence electrons. The maximum absolute atomic E-state index is 13.1. The van der Waals surface area contributed by atoms with Gasteiger partial charge in [0.15, 0.2) is 0 Å². The molecule has 0 radical (unpaired) electrons. The molecule has 1 amide bonds. The molecular formula is C26H25N5O5. The number of aromatic nitrogens is 2. The van der Waals surface area contributed by atoms with E-state index in [1.165, 1.54) is 12.1 Å². The average molecular weight is 488 g/mol. The van der Waals surface area contributed by atoms with Crippen molar-refractivity contribution in [1.29, 1.82) is 0 Å². The third-order valence-electron chi connectivity index (χ3n) is 5.20. The lowest BCUT2D eigenvalue weighted by Crippen LogP contribution is -2.37. The molecule has 0 atom stereocenters. The lowest BCUT2D eigenvalue weighted by Gasteiger charge is -2.13. The van der Waals surface area contributed by atoms with Gasteiger partial charge in [-0.1, -0.05) is 30.3 Å². The van der Waals surface area contributed by atoms with Crippen molar-refractivity contribution in [2.45, 2.75) is 20.4 Å². The maximum atomic E-state index is 13.1. The number of nitrogens with one attached hydrogen (secondary N) is 2. The summed E-state index contributed by atoms with van der Waals surface area (Å²) in [7, 11) is 0. The van der Waals surface area contributed by atoms with Gasteiger partial charge in [0.25, 0.3) is 11.5 Å². The molecule has 1 aromatic heterocycles. The lowest BCUT2D eigenvalue weighted by atomic mass is 10.2. The Morgan fingerprint density at radius 3 is 2.56 bits per heavy atom. The first-order chi connectivity index (χ1) is 17.5. The number of carbonyl (C=O) groups excluding carboxylic acids is 2. The van der Waals surface area contributed by atoms with Crippen LogP contribution in [0.4, 0.5) is 11.4 Å². The van der Waals surface area contributed by atoms with E-state index in [9.17, 15) is 14.4 Å². The van der Waals surface area contributed by atoms with Gasteiger partial charge in [-0.25, -0.2) is 14.5 Å². The number of hydrogen-bond donors (Lipinski definition) is 2. The molecule has 0 fully saturated rings. The van der Waals surface area contributed by atoms with E-state index in [4.69, 9.17) is 9.47 Å². The minimum Gasteiger partial charge on any atom is -0.492 e. The molecule has 1 aliphatic rings. The van der Waals surface area contributed by atoms with E-state index < -0.39 is 11.9 Å². The number of rotatable bonds is 7. The number of ether oxygens (including phenoxy) is 2. The fourth-order valence-corrected chi connectivity index (χ4v) is 3.51. The highest BCUT2D eigenvalue weighted by molar-refractivity contribution is 6.25. The Morgan fingerprint density at radius 2 is 1.78 bits per heavy atom. The molecule has 0 unspecified atom stereocenters. The standard InChI is InChI=1S/C26H25N5O5/c1-3-35-26(34)23-17(2)27-19-11-7-8-12-20(19)28-24(23)29-25(33)21-13-14-22(32)31(30-21)15-16-36-18-9-5-4-6-10-18/h4-14,27H,3,15-16H2,1-2H3,(H,28,29,33). The van der Waals surface area contributed by atoms with E-state index in [0.29, 0.717) is 22.8 Å². The Hall–Kier alpha value is -4.73. The van der Waals surface area contributed by atoms with Gasteiger partial charge in [0.2, 0.25) is 0 Å². The normalized spacial score (nSPS) is 12.6. The number of para-hydroxylation sites is 3. The summed E-state index contributed by atoms with van der Waals surface area (Å²) in [6.07, 6.45) is 0. The first-order valence-electron chi connectivity index (χ1n) is 11.4. The van der Waals surface area contributed by atoms with E-state index in [1.807, 2.05) is 30.3 Å². The topological polar surface area (TPSA) is 124 Å². The second-order valence-electron chi connectivity index (χ2n) is 7.72. The molecule has 0 spiro atoms. The largest absolute Gasteiger partial charge is 0.492 e. The molecule has 0 bridgehead atoms. The van der Waals surface area contributed by atoms with E-state index in [1.54, 1.807) is 38.1 Å². The third kappa shape index (κ3) is 5.66. The number of allylic oxidation sites excluding steroid dienone is 1. The molecular weight excluding hydrogens is 462 g/mol. The molecule has 0 aliphatic carbocycles. The summed E-state index contributed by atoms with van der Waals surface area (Å²) in [5, 5.41) is 9.98. The van der Waals surface area contributed by atoms with Gasteiger partial charge in [-0.2, -0.15) is 5.10 Å². The van der Waals surface area contributed by atoms with Crippen molar-refractivity contribution in [3.63, 3.8) is 0 Å². The first-order valence-corrected chi connectivity index (χ1v) is 11.4. The monoisotopic (exact) mass is 487 g/mol. The fraction of sp³-hybridized carbons (Fsp3) is 0.192. The van der Waals surface area contributed by atoms with Crippen molar-refractivity contribution in [3.8, 4) is 5.75 Å². The first kappa shape index (κ1) is 24.4. The summed E-state index contributed by atoms with van der Waals surface area (Å²) >= 11 is 0. The highest BCUT2D eigenvalue weighted by Gasteiger charge is 2.26. The number of benzene rings is 2. The van der Waals surface area contributed by atoms with Crippen LogP contribution in [0, 0.1) is 0 Å². The van der Waals surface area contributed by atoms with E-state index in [0.717, 1.165) is 4.68 Å². The van der Waals surface area contributed by atoms with Gasteiger partial charge < -0.3 is 20.1 Å². The number of nitrogens with zero attached hydrogens (tertiary/aromatic N) is 3. The van der Waals surface area contributed by atoms with Gasteiger partial charge in [-0.05, 0) is 44.2 Å². The number of anilines is 1. The highest BCUT2D eigenvalue weighted by Crippen LogP contribution is 2.30. The van der Waals surface area contributed by atoms with Crippen LogP contribution in [-0.2, 0) is 16.1 Å². The van der Waals surface area contributed by atoms with Crippen molar-refractivity contribution in [2.75, 3.05) is 18.5 Å². The zero-order chi connectivity index (χ0) is 25.5. The molecule has 0 saturated heterocycles. The second-order valence-corrected chi connectivity index (χ2v) is 7.72. The number of amidine groups is 1. The minimum atomic E-state index is -0.638. The predicted octanol–water partition coefficient (Wildman–Crippen LogP) is 3.04. The molecule has 36 heavy (non-hydrogen) atoms. The lowest BCUT2D eigenvalue weighted by molar-refractivity contribution is -0.137. The number of fused-ring (bicyclic) bond motifs is 1. The average Bonchev–Trinajstić information content (AvgIpc) is 3.01. The third-order valence-corrected chi connectivity index (χ3v) is 5.20. The maximum Gasteiger partial charge on any atom is 0.343 e. The fourth-order valence-electron chi connectivity index (χ4n) is 3.51. The SMILES string of the molecule is CCOC(=O)C1=C(C)Nc2ccccc2N=C1NC(=O)c1ccc(=O)n(CCOc2ccccc2)n1. The minimum absolute atomic E-state index is 0.0142. The van der Waals surface area contributed by atoms with Crippen molar-refractivity contribution in [2.24, 2.45) is 4.99 Å². The van der Waals surface area contributed by atoms with Crippen LogP contribution in [0.5, 0.6) is 5.75 Å². The molecule has 3 aromatic rings. The number of hydrogen-bond acceptors (Lipinski definition) is 8. The molecule has 1 aliphatic heterocycles. The van der Waals surface area contributed by atoms with Crippen molar-refractivity contribution in [3.05, 3.63) is 94.0 Å². The zero-order valence-electron chi connectivity index (χ0n) is 19.9. The summed E-state index contributed by atoms with van der Waals surface area (Å²) in [6, 6.07) is 18.9. The van der Waals surface area contributed by atoms with Crippen molar-refractivity contribution in [1.82, 2.24) is 15.1 Å². The predicted molar refractivity (Wildman–Crippen MR) is 134 cm³/mol. The summed E-state index contributed by atoms with van der Waals surface area (Å²) in [4.78, 5) is 42.7. The summed E-state index contributed by atoms with van der Waals surface area (Å²) < 4.78 is 12.0. The van der Waals surface area contributed by atoms with Gasteiger partial charge in [0.05, 0.1) is 24.5 Å². The Labute approximate surface area is 207 Å². The molecule has 2 aromatic carbocycles. The van der Waals surface area contributed by atoms with Gasteiger partial charge >= 0.3 is 5.97 Å². The number of aliphatic imine (C=N–C) groups is 1. The Morgan fingerprint density at radius 1 is 1.03 bits per heavy atom. The number of carbonyl (C=O) groups is 2. The quantitative estimate of drug-likeness (QED) is 0.491. The Kier molecular flexibility index (Phi) is 7.54. The van der Waals surface area contributed by atoms with Crippen LogP contribution < -0.4 is 20.9 Å². The molecule has 10 heteroatoms. The van der Waals surface area contributed by atoms with Crippen LogP contribution in [0.15, 0.2) is 87.8 Å². The molecule has 2 N–H and O–H groups in total. The molecule has 10 nitrogen and oxygen atoms in total. The van der Waals surface area contributed by atoms with Crippen molar-refractivity contribution >= 4 is 29.1 Å². The molecule has 4 rings (SSSR count). The highest BCUT2D eigenvalue weighted by atomic mass is 16.5. The Bertz CT molecular complexity index is 1400. The smallest absolute Gasteiger partial charge is 0.343 e. The summed E-state index contributed by atoms with van der Waals surface area (Å²) in [5.74, 6) is -0.598. The molecule has 0 saturated carbocycles. The van der Waals surface area contributed by atoms with Crippen LogP contribution in [0.3, 0.4) is 0 Å². The molecule has 2 heterocycles. The van der Waals surface area contributed by atoms with Crippen LogP contribution in [0.1, 0.15) is 24.3 Å². The summed E-state index contributed by atoms with van der Waals surface area (Å²) in [5.41, 5.74) is 1.35. The van der Waals surface area contributed by atoms with E-state index >= 15 is 0 Å². The number of amides is 1. The second kappa shape index (κ2) is 11.1. The summed E-state index contributed by atoms with van der Waals surface area (Å²) in [6.45, 7) is 3.87. The van der Waals surface area contributed by atoms with Crippen LogP contribution >= 0.6 is 0 Å². The van der Waals surface area contributed by atoms with Gasteiger partial charge in [-0.15, -0.1) is 0 Å². The number of esters is 1. The van der Waals surface area contributed by atoms with Gasteiger partial charge in [-0.3, -0.25) is 9.59 Å².